The normalized spacial score (nSPS) is 10.3. The molecule has 0 aliphatic rings. The van der Waals surface area contributed by atoms with E-state index in [9.17, 15) is 14.9 Å². The van der Waals surface area contributed by atoms with Crippen LogP contribution in [0.1, 0.15) is 10.4 Å². The van der Waals surface area contributed by atoms with Gasteiger partial charge in [0.05, 0.1) is 10.6 Å². The molecule has 0 unspecified atom stereocenters. The van der Waals surface area contributed by atoms with Crippen molar-refractivity contribution < 1.29 is 9.72 Å². The van der Waals surface area contributed by atoms with Gasteiger partial charge in [-0.3, -0.25) is 20.2 Å². The van der Waals surface area contributed by atoms with Crippen LogP contribution in [0.4, 0.5) is 11.4 Å². The van der Waals surface area contributed by atoms with Crippen molar-refractivity contribution in [1.29, 1.82) is 0 Å². The fourth-order valence-corrected chi connectivity index (χ4v) is 3.05. The fourth-order valence-electron chi connectivity index (χ4n) is 2.38. The lowest BCUT2D eigenvalue weighted by Gasteiger charge is -2.11. The molecule has 130 valence electrons. The van der Waals surface area contributed by atoms with Crippen LogP contribution in [0.25, 0.3) is 10.8 Å². The summed E-state index contributed by atoms with van der Waals surface area (Å²) in [7, 11) is 0. The van der Waals surface area contributed by atoms with Crippen molar-refractivity contribution in [3.63, 3.8) is 0 Å². The SMILES string of the molecule is O=C(NC(=S)Nc1ccc([N+](=O)[O-])cc1Br)c1ccc2ccccc2c1. The molecule has 0 saturated heterocycles. The number of benzene rings is 3. The number of fused-ring (bicyclic) bond motifs is 1. The summed E-state index contributed by atoms with van der Waals surface area (Å²) >= 11 is 8.40. The number of hydrogen-bond acceptors (Lipinski definition) is 4. The van der Waals surface area contributed by atoms with E-state index in [-0.39, 0.29) is 16.7 Å². The molecule has 26 heavy (non-hydrogen) atoms. The Labute approximate surface area is 162 Å². The monoisotopic (exact) mass is 429 g/mol. The van der Waals surface area contributed by atoms with Crippen molar-refractivity contribution in [3.8, 4) is 0 Å². The largest absolute Gasteiger partial charge is 0.331 e. The standard InChI is InChI=1S/C18H12BrN3O3S/c19-15-10-14(22(24)25)7-8-16(15)20-18(26)21-17(23)13-6-5-11-3-1-2-4-12(11)9-13/h1-10H,(H2,20,21,23,26). The number of hydrogen-bond donors (Lipinski definition) is 2. The summed E-state index contributed by atoms with van der Waals surface area (Å²) in [6.45, 7) is 0. The van der Waals surface area contributed by atoms with Crippen LogP contribution in [0.5, 0.6) is 0 Å². The zero-order valence-electron chi connectivity index (χ0n) is 13.2. The first kappa shape index (κ1) is 18.0. The third kappa shape index (κ3) is 4.04. The van der Waals surface area contributed by atoms with E-state index in [0.717, 1.165) is 10.8 Å². The molecule has 0 fully saturated rings. The average Bonchev–Trinajstić information content (AvgIpc) is 2.62. The van der Waals surface area contributed by atoms with E-state index < -0.39 is 4.92 Å². The molecule has 0 aromatic heterocycles. The van der Waals surface area contributed by atoms with Crippen molar-refractivity contribution in [2.75, 3.05) is 5.32 Å². The number of non-ortho nitro benzene ring substituents is 1. The first-order chi connectivity index (χ1) is 12.4. The maximum Gasteiger partial charge on any atom is 0.270 e. The third-order valence-electron chi connectivity index (χ3n) is 3.65. The van der Waals surface area contributed by atoms with Gasteiger partial charge in [-0.05, 0) is 57.1 Å². The zero-order valence-corrected chi connectivity index (χ0v) is 15.6. The lowest BCUT2D eigenvalue weighted by molar-refractivity contribution is -0.384. The highest BCUT2D eigenvalue weighted by Gasteiger charge is 2.12. The van der Waals surface area contributed by atoms with Gasteiger partial charge >= 0.3 is 0 Å². The summed E-state index contributed by atoms with van der Waals surface area (Å²) in [6.07, 6.45) is 0. The fraction of sp³-hybridized carbons (Fsp3) is 0. The number of nitro benzene ring substituents is 1. The molecule has 0 atom stereocenters. The smallest absolute Gasteiger partial charge is 0.270 e. The summed E-state index contributed by atoms with van der Waals surface area (Å²) in [5.41, 5.74) is 0.948. The molecule has 0 heterocycles. The van der Waals surface area contributed by atoms with E-state index in [0.29, 0.717) is 15.7 Å². The number of rotatable bonds is 3. The summed E-state index contributed by atoms with van der Waals surface area (Å²) in [5, 5.41) is 18.3. The molecule has 0 aliphatic carbocycles. The molecule has 0 radical (unpaired) electrons. The minimum atomic E-state index is -0.492. The van der Waals surface area contributed by atoms with Crippen LogP contribution >= 0.6 is 28.1 Å². The lowest BCUT2D eigenvalue weighted by atomic mass is 10.1. The molecule has 8 heteroatoms. The molecule has 3 aromatic carbocycles. The topological polar surface area (TPSA) is 84.3 Å². The molecule has 2 N–H and O–H groups in total. The Morgan fingerprint density at radius 3 is 2.46 bits per heavy atom. The molecule has 0 aliphatic heterocycles. The van der Waals surface area contributed by atoms with Crippen LogP contribution in [0.3, 0.4) is 0 Å². The van der Waals surface area contributed by atoms with Crippen molar-refractivity contribution >= 4 is 61.3 Å². The minimum Gasteiger partial charge on any atom is -0.331 e. The second kappa shape index (κ2) is 7.59. The highest BCUT2D eigenvalue weighted by Crippen LogP contribution is 2.27. The summed E-state index contributed by atoms with van der Waals surface area (Å²) in [4.78, 5) is 22.6. The third-order valence-corrected chi connectivity index (χ3v) is 4.51. The van der Waals surface area contributed by atoms with Gasteiger partial charge in [0.25, 0.3) is 11.6 Å². The number of carbonyl (C=O) groups excluding carboxylic acids is 1. The van der Waals surface area contributed by atoms with E-state index in [1.54, 1.807) is 12.1 Å². The molecule has 1 amide bonds. The van der Waals surface area contributed by atoms with Crippen molar-refractivity contribution in [2.45, 2.75) is 0 Å². The molecular formula is C18H12BrN3O3S. The van der Waals surface area contributed by atoms with Crippen LogP contribution in [-0.4, -0.2) is 15.9 Å². The Morgan fingerprint density at radius 1 is 1.04 bits per heavy atom. The van der Waals surface area contributed by atoms with E-state index >= 15 is 0 Å². The molecular weight excluding hydrogens is 418 g/mol. The predicted octanol–water partition coefficient (Wildman–Crippen LogP) is 4.64. The summed E-state index contributed by atoms with van der Waals surface area (Å²) in [5.74, 6) is -0.341. The van der Waals surface area contributed by atoms with Crippen molar-refractivity contribution in [3.05, 3.63) is 80.8 Å². The van der Waals surface area contributed by atoms with Gasteiger partial charge in [-0.25, -0.2) is 0 Å². The van der Waals surface area contributed by atoms with Gasteiger partial charge in [-0.15, -0.1) is 0 Å². The van der Waals surface area contributed by atoms with Crippen LogP contribution in [0.2, 0.25) is 0 Å². The Morgan fingerprint density at radius 2 is 1.77 bits per heavy atom. The number of amides is 1. The van der Waals surface area contributed by atoms with E-state index in [4.69, 9.17) is 12.2 Å². The highest BCUT2D eigenvalue weighted by molar-refractivity contribution is 9.10. The van der Waals surface area contributed by atoms with Gasteiger partial charge in [0.1, 0.15) is 0 Å². The number of thiocarbonyl (C=S) groups is 1. The highest BCUT2D eigenvalue weighted by atomic mass is 79.9. The number of carbonyl (C=O) groups is 1. The Balaban J connectivity index is 1.70. The van der Waals surface area contributed by atoms with Gasteiger partial charge < -0.3 is 5.32 Å². The van der Waals surface area contributed by atoms with Gasteiger partial charge in [-0.2, -0.15) is 0 Å². The number of nitro groups is 1. The molecule has 0 saturated carbocycles. The molecule has 0 bridgehead atoms. The zero-order chi connectivity index (χ0) is 18.7. The Bertz CT molecular complexity index is 1040. The van der Waals surface area contributed by atoms with Gasteiger partial charge in [0.2, 0.25) is 0 Å². The van der Waals surface area contributed by atoms with E-state index in [1.165, 1.54) is 18.2 Å². The van der Waals surface area contributed by atoms with Crippen molar-refractivity contribution in [2.24, 2.45) is 0 Å². The predicted molar refractivity (Wildman–Crippen MR) is 108 cm³/mol. The second-order valence-corrected chi connectivity index (χ2v) is 6.65. The number of anilines is 1. The maximum atomic E-state index is 12.4. The number of nitrogens with zero attached hydrogens (tertiary/aromatic N) is 1. The van der Waals surface area contributed by atoms with Crippen LogP contribution in [-0.2, 0) is 0 Å². The average molecular weight is 430 g/mol. The van der Waals surface area contributed by atoms with Gasteiger partial charge in [0, 0.05) is 22.2 Å². The Hall–Kier alpha value is -2.84. The molecule has 3 rings (SSSR count). The lowest BCUT2D eigenvalue weighted by Crippen LogP contribution is -2.34. The van der Waals surface area contributed by atoms with E-state index in [1.807, 2.05) is 30.3 Å². The number of halogens is 1. The second-order valence-electron chi connectivity index (χ2n) is 5.39. The first-order valence-electron chi connectivity index (χ1n) is 7.49. The van der Waals surface area contributed by atoms with Crippen LogP contribution < -0.4 is 10.6 Å². The summed E-state index contributed by atoms with van der Waals surface area (Å²) in [6, 6.07) is 17.3. The Kier molecular flexibility index (Phi) is 5.24. The first-order valence-corrected chi connectivity index (χ1v) is 8.69. The molecule has 3 aromatic rings. The quantitative estimate of drug-likeness (QED) is 0.360. The van der Waals surface area contributed by atoms with E-state index in [2.05, 4.69) is 26.6 Å². The van der Waals surface area contributed by atoms with Gasteiger partial charge in [0.15, 0.2) is 5.11 Å². The minimum absolute atomic E-state index is 0.0476. The van der Waals surface area contributed by atoms with Gasteiger partial charge in [-0.1, -0.05) is 30.3 Å². The van der Waals surface area contributed by atoms with Crippen molar-refractivity contribution in [1.82, 2.24) is 5.32 Å². The summed E-state index contributed by atoms with van der Waals surface area (Å²) < 4.78 is 0.467. The number of nitrogens with one attached hydrogen (secondary N) is 2. The van der Waals surface area contributed by atoms with Crippen LogP contribution in [0.15, 0.2) is 65.1 Å². The maximum absolute atomic E-state index is 12.4. The van der Waals surface area contributed by atoms with Crippen LogP contribution in [0, 0.1) is 10.1 Å². The molecule has 6 nitrogen and oxygen atoms in total. The molecule has 0 spiro atoms.